The largest absolute Gasteiger partial charge is 0.493 e. The van der Waals surface area contributed by atoms with Gasteiger partial charge in [-0.05, 0) is 73.4 Å². The third-order valence-electron chi connectivity index (χ3n) is 5.61. The molecule has 7 heteroatoms. The summed E-state index contributed by atoms with van der Waals surface area (Å²) >= 11 is 5.35. The molecule has 2 amide bonds. The zero-order valence-corrected chi connectivity index (χ0v) is 19.8. The lowest BCUT2D eigenvalue weighted by Gasteiger charge is -2.15. The van der Waals surface area contributed by atoms with E-state index in [2.05, 4.69) is 28.1 Å². The van der Waals surface area contributed by atoms with Crippen molar-refractivity contribution in [2.75, 3.05) is 17.2 Å². The fourth-order valence-electron chi connectivity index (χ4n) is 3.47. The van der Waals surface area contributed by atoms with Crippen molar-refractivity contribution in [2.24, 2.45) is 5.92 Å². The number of nitrogens with one attached hydrogen (secondary N) is 3. The number of amides is 2. The van der Waals surface area contributed by atoms with E-state index in [0.717, 1.165) is 36.2 Å². The topological polar surface area (TPSA) is 79.5 Å². The van der Waals surface area contributed by atoms with E-state index in [0.29, 0.717) is 17.9 Å². The Balaban J connectivity index is 1.31. The first kappa shape index (κ1) is 23.4. The molecule has 3 N–H and O–H groups in total. The molecular formula is C27H27N3O3S. The lowest BCUT2D eigenvalue weighted by Crippen LogP contribution is -2.34. The van der Waals surface area contributed by atoms with Crippen LogP contribution in [0, 0.1) is 12.8 Å². The summed E-state index contributed by atoms with van der Waals surface area (Å²) in [5, 5.41) is 8.90. The maximum atomic E-state index is 12.7. The van der Waals surface area contributed by atoms with Gasteiger partial charge in [0.2, 0.25) is 5.91 Å². The second-order valence-corrected chi connectivity index (χ2v) is 8.67. The molecule has 0 heterocycles. The molecule has 174 valence electrons. The van der Waals surface area contributed by atoms with Crippen molar-refractivity contribution in [1.82, 2.24) is 5.32 Å². The quantitative estimate of drug-likeness (QED) is 0.397. The smallest absolute Gasteiger partial charge is 0.257 e. The van der Waals surface area contributed by atoms with Gasteiger partial charge in [0.15, 0.2) is 5.11 Å². The molecule has 3 aromatic carbocycles. The first-order valence-electron chi connectivity index (χ1n) is 11.3. The number of ether oxygens (including phenoxy) is 1. The van der Waals surface area contributed by atoms with Gasteiger partial charge in [0.1, 0.15) is 5.75 Å². The van der Waals surface area contributed by atoms with Crippen LogP contribution >= 0.6 is 12.2 Å². The minimum atomic E-state index is -0.332. The van der Waals surface area contributed by atoms with E-state index in [9.17, 15) is 9.59 Å². The van der Waals surface area contributed by atoms with Crippen molar-refractivity contribution < 1.29 is 14.3 Å². The van der Waals surface area contributed by atoms with E-state index in [-0.39, 0.29) is 22.8 Å². The third kappa shape index (κ3) is 6.42. The molecule has 0 aromatic heterocycles. The normalized spacial score (nSPS) is 12.5. The van der Waals surface area contributed by atoms with Gasteiger partial charge in [0, 0.05) is 29.3 Å². The van der Waals surface area contributed by atoms with Gasteiger partial charge >= 0.3 is 0 Å². The monoisotopic (exact) mass is 473 g/mol. The maximum Gasteiger partial charge on any atom is 0.257 e. The molecule has 4 rings (SSSR count). The van der Waals surface area contributed by atoms with Crippen molar-refractivity contribution in [3.8, 4) is 5.75 Å². The molecule has 34 heavy (non-hydrogen) atoms. The van der Waals surface area contributed by atoms with E-state index in [1.165, 1.54) is 5.56 Å². The third-order valence-corrected chi connectivity index (χ3v) is 5.82. The van der Waals surface area contributed by atoms with E-state index in [1.807, 2.05) is 49.4 Å². The number of carbonyl (C=O) groups excluding carboxylic acids is 2. The maximum absolute atomic E-state index is 12.7. The Hall–Kier alpha value is -3.71. The Bertz CT molecular complexity index is 1190. The van der Waals surface area contributed by atoms with E-state index in [1.54, 1.807) is 18.2 Å². The van der Waals surface area contributed by atoms with Crippen molar-refractivity contribution >= 4 is 40.5 Å². The average Bonchev–Trinajstić information content (AvgIpc) is 3.68. The molecule has 1 saturated carbocycles. The molecule has 1 fully saturated rings. The van der Waals surface area contributed by atoms with Gasteiger partial charge in [0.25, 0.3) is 5.91 Å². The second-order valence-electron chi connectivity index (χ2n) is 8.26. The lowest BCUT2D eigenvalue weighted by atomic mass is 10.1. The van der Waals surface area contributed by atoms with Gasteiger partial charge < -0.3 is 15.4 Å². The molecule has 1 aliphatic carbocycles. The summed E-state index contributed by atoms with van der Waals surface area (Å²) in [6.45, 7) is 2.41. The number of rotatable bonds is 8. The van der Waals surface area contributed by atoms with Crippen LogP contribution < -0.4 is 20.7 Å². The Morgan fingerprint density at radius 2 is 1.65 bits per heavy atom. The molecule has 0 unspecified atom stereocenters. The summed E-state index contributed by atoms with van der Waals surface area (Å²) in [5.41, 5.74) is 3.94. The standard InChI is InChI=1S/C27H27N3O3S/c1-18-23(28-25(31)20-13-14-20)11-6-12-24(18)29-27(34)30-26(32)21-9-5-10-22(17-21)33-16-15-19-7-3-2-4-8-19/h2-12,17,20H,13-16H2,1H3,(H,28,31)(H2,29,30,32,34). The highest BCUT2D eigenvalue weighted by Crippen LogP contribution is 2.31. The Morgan fingerprint density at radius 1 is 0.941 bits per heavy atom. The van der Waals surface area contributed by atoms with Crippen LogP contribution in [-0.2, 0) is 11.2 Å². The summed E-state index contributed by atoms with van der Waals surface area (Å²) in [7, 11) is 0. The van der Waals surface area contributed by atoms with Crippen LogP contribution in [0.15, 0.2) is 72.8 Å². The van der Waals surface area contributed by atoms with Crippen molar-refractivity contribution in [3.05, 3.63) is 89.5 Å². The summed E-state index contributed by atoms with van der Waals surface area (Å²) < 4.78 is 5.82. The number of anilines is 2. The first-order chi connectivity index (χ1) is 16.5. The van der Waals surface area contributed by atoms with Crippen molar-refractivity contribution in [1.29, 1.82) is 0 Å². The van der Waals surface area contributed by atoms with E-state index < -0.39 is 0 Å². The van der Waals surface area contributed by atoms with Crippen molar-refractivity contribution in [3.63, 3.8) is 0 Å². The number of hydrogen-bond donors (Lipinski definition) is 3. The van der Waals surface area contributed by atoms with E-state index >= 15 is 0 Å². The molecule has 3 aromatic rings. The average molecular weight is 474 g/mol. The zero-order chi connectivity index (χ0) is 23.9. The van der Waals surface area contributed by atoms with Gasteiger partial charge in [-0.25, -0.2) is 0 Å². The predicted octanol–water partition coefficient (Wildman–Crippen LogP) is 5.09. The highest BCUT2D eigenvalue weighted by Gasteiger charge is 2.29. The fraction of sp³-hybridized carbons (Fsp3) is 0.222. The van der Waals surface area contributed by atoms with Gasteiger partial charge in [-0.2, -0.15) is 0 Å². The first-order valence-corrected chi connectivity index (χ1v) is 11.7. The Labute approximate surface area is 204 Å². The minimum absolute atomic E-state index is 0.0435. The van der Waals surface area contributed by atoms with E-state index in [4.69, 9.17) is 17.0 Å². The molecule has 0 radical (unpaired) electrons. The van der Waals surface area contributed by atoms with Crippen LogP contribution in [0.1, 0.15) is 34.3 Å². The second kappa shape index (κ2) is 10.9. The van der Waals surface area contributed by atoms with Crippen LogP contribution in [0.2, 0.25) is 0 Å². The zero-order valence-electron chi connectivity index (χ0n) is 19.0. The number of thiocarbonyl (C=S) groups is 1. The van der Waals surface area contributed by atoms with Crippen LogP contribution in [0.4, 0.5) is 11.4 Å². The molecule has 0 atom stereocenters. The number of hydrogen-bond acceptors (Lipinski definition) is 4. The van der Waals surface area contributed by atoms with Crippen LogP contribution in [-0.4, -0.2) is 23.5 Å². The Morgan fingerprint density at radius 3 is 2.38 bits per heavy atom. The van der Waals surface area contributed by atoms with Gasteiger partial charge in [-0.15, -0.1) is 0 Å². The highest BCUT2D eigenvalue weighted by molar-refractivity contribution is 7.80. The van der Waals surface area contributed by atoms with Gasteiger partial charge in [0.05, 0.1) is 6.61 Å². The molecule has 1 aliphatic rings. The lowest BCUT2D eigenvalue weighted by molar-refractivity contribution is -0.117. The summed E-state index contributed by atoms with van der Waals surface area (Å²) in [5.74, 6) is 0.454. The Kier molecular flexibility index (Phi) is 7.54. The molecule has 0 aliphatic heterocycles. The molecule has 6 nitrogen and oxygen atoms in total. The molecular weight excluding hydrogens is 446 g/mol. The molecule has 0 bridgehead atoms. The van der Waals surface area contributed by atoms with Crippen LogP contribution in [0.3, 0.4) is 0 Å². The molecule has 0 spiro atoms. The number of carbonyl (C=O) groups is 2. The predicted molar refractivity (Wildman–Crippen MR) is 138 cm³/mol. The fourth-order valence-corrected chi connectivity index (χ4v) is 3.68. The summed E-state index contributed by atoms with van der Waals surface area (Å²) in [4.78, 5) is 24.8. The molecule has 0 saturated heterocycles. The van der Waals surface area contributed by atoms with Gasteiger partial charge in [-0.1, -0.05) is 42.5 Å². The summed E-state index contributed by atoms with van der Waals surface area (Å²) in [6, 6.07) is 22.6. The summed E-state index contributed by atoms with van der Waals surface area (Å²) in [6.07, 6.45) is 2.67. The van der Waals surface area contributed by atoms with Crippen LogP contribution in [0.5, 0.6) is 5.75 Å². The minimum Gasteiger partial charge on any atom is -0.493 e. The SMILES string of the molecule is Cc1c(NC(=O)C2CC2)cccc1NC(=S)NC(=O)c1cccc(OCCc2ccccc2)c1. The number of benzene rings is 3. The van der Waals surface area contributed by atoms with Crippen LogP contribution in [0.25, 0.3) is 0 Å². The highest BCUT2D eigenvalue weighted by atomic mass is 32.1. The van der Waals surface area contributed by atoms with Crippen molar-refractivity contribution in [2.45, 2.75) is 26.2 Å². The van der Waals surface area contributed by atoms with Gasteiger partial charge in [-0.3, -0.25) is 14.9 Å².